The molecular formula is C28H40O4. The van der Waals surface area contributed by atoms with Crippen LogP contribution >= 0.6 is 0 Å². The molecule has 0 aliphatic rings. The van der Waals surface area contributed by atoms with E-state index in [0.29, 0.717) is 18.8 Å². The van der Waals surface area contributed by atoms with Gasteiger partial charge in [-0.2, -0.15) is 0 Å². The Morgan fingerprint density at radius 2 is 1.34 bits per heavy atom. The summed E-state index contributed by atoms with van der Waals surface area (Å²) in [6.07, 6.45) is 9.68. The van der Waals surface area contributed by atoms with Crippen molar-refractivity contribution in [2.75, 3.05) is 19.8 Å². The third-order valence-electron chi connectivity index (χ3n) is 5.33. The Morgan fingerprint density at radius 3 is 1.97 bits per heavy atom. The van der Waals surface area contributed by atoms with E-state index in [0.717, 1.165) is 36.3 Å². The Hall–Kier alpha value is -2.33. The fourth-order valence-corrected chi connectivity index (χ4v) is 3.47. The predicted molar refractivity (Wildman–Crippen MR) is 131 cm³/mol. The van der Waals surface area contributed by atoms with Gasteiger partial charge in [0.05, 0.1) is 18.8 Å². The predicted octanol–water partition coefficient (Wildman–Crippen LogP) is 7.45. The number of esters is 1. The van der Waals surface area contributed by atoms with Gasteiger partial charge in [-0.3, -0.25) is 0 Å². The summed E-state index contributed by atoms with van der Waals surface area (Å²) in [5.74, 6) is 0.581. The molecule has 1 unspecified atom stereocenters. The van der Waals surface area contributed by atoms with Crippen LogP contribution < -0.4 is 4.74 Å². The van der Waals surface area contributed by atoms with Crippen LogP contribution in [0.25, 0.3) is 11.1 Å². The van der Waals surface area contributed by atoms with Crippen LogP contribution in [0.15, 0.2) is 48.5 Å². The van der Waals surface area contributed by atoms with Crippen LogP contribution in [0.2, 0.25) is 0 Å². The Bertz CT molecular complexity index is 752. The SMILES string of the molecule is CCCCCCCCCOc1ccc(-c2ccc(C(=O)OC(C)COCCC)cc2)cc1. The summed E-state index contributed by atoms with van der Waals surface area (Å²) in [5, 5.41) is 0. The number of hydrogen-bond acceptors (Lipinski definition) is 4. The molecule has 4 heteroatoms. The lowest BCUT2D eigenvalue weighted by Crippen LogP contribution is -2.20. The molecule has 0 saturated carbocycles. The van der Waals surface area contributed by atoms with Gasteiger partial charge in [-0.25, -0.2) is 4.79 Å². The lowest BCUT2D eigenvalue weighted by Gasteiger charge is -2.13. The maximum Gasteiger partial charge on any atom is 0.338 e. The van der Waals surface area contributed by atoms with Gasteiger partial charge in [0.1, 0.15) is 11.9 Å². The third kappa shape index (κ3) is 9.86. The van der Waals surface area contributed by atoms with Gasteiger partial charge in [-0.05, 0) is 55.2 Å². The normalized spacial score (nSPS) is 11.8. The molecule has 0 bridgehead atoms. The van der Waals surface area contributed by atoms with Gasteiger partial charge in [-0.1, -0.05) is 76.6 Å². The molecule has 2 aromatic rings. The Labute approximate surface area is 194 Å². The zero-order valence-corrected chi connectivity index (χ0v) is 20.1. The Balaban J connectivity index is 1.75. The summed E-state index contributed by atoms with van der Waals surface area (Å²) in [4.78, 5) is 12.3. The summed E-state index contributed by atoms with van der Waals surface area (Å²) < 4.78 is 16.8. The molecular weight excluding hydrogens is 400 g/mol. The highest BCUT2D eigenvalue weighted by atomic mass is 16.6. The first-order valence-corrected chi connectivity index (χ1v) is 12.3. The molecule has 2 rings (SSSR count). The minimum atomic E-state index is -0.321. The fraction of sp³-hybridized carbons (Fsp3) is 0.536. The van der Waals surface area contributed by atoms with Crippen molar-refractivity contribution in [3.05, 3.63) is 54.1 Å². The van der Waals surface area contributed by atoms with E-state index in [2.05, 4.69) is 26.0 Å². The number of carbonyl (C=O) groups is 1. The van der Waals surface area contributed by atoms with Crippen LogP contribution in [0.1, 0.15) is 82.5 Å². The van der Waals surface area contributed by atoms with E-state index in [1.807, 2.05) is 43.3 Å². The number of carbonyl (C=O) groups excluding carboxylic acids is 1. The van der Waals surface area contributed by atoms with Crippen LogP contribution in [-0.2, 0) is 9.47 Å². The summed E-state index contributed by atoms with van der Waals surface area (Å²) in [6, 6.07) is 15.6. The minimum absolute atomic E-state index is 0.262. The minimum Gasteiger partial charge on any atom is -0.494 e. The standard InChI is InChI=1S/C28H40O4/c1-4-6-7-8-9-10-11-21-31-27-18-16-25(17-19-27)24-12-14-26(15-13-24)28(29)32-23(3)22-30-20-5-2/h12-19,23H,4-11,20-22H2,1-3H3. The molecule has 2 aromatic carbocycles. The van der Waals surface area contributed by atoms with Crippen molar-refractivity contribution in [1.29, 1.82) is 0 Å². The third-order valence-corrected chi connectivity index (χ3v) is 5.33. The van der Waals surface area contributed by atoms with Gasteiger partial charge in [0.15, 0.2) is 0 Å². The van der Waals surface area contributed by atoms with Crippen LogP contribution in [-0.4, -0.2) is 31.9 Å². The second kappa shape index (κ2) is 15.5. The van der Waals surface area contributed by atoms with Gasteiger partial charge in [0, 0.05) is 6.61 Å². The number of rotatable bonds is 16. The van der Waals surface area contributed by atoms with E-state index in [1.165, 1.54) is 38.5 Å². The molecule has 0 spiro atoms. The molecule has 0 heterocycles. The lowest BCUT2D eigenvalue weighted by molar-refractivity contribution is 0.00226. The molecule has 0 aromatic heterocycles. The maximum absolute atomic E-state index is 12.3. The summed E-state index contributed by atoms with van der Waals surface area (Å²) in [6.45, 7) is 8.02. The van der Waals surface area contributed by atoms with Gasteiger partial charge in [-0.15, -0.1) is 0 Å². The fourth-order valence-electron chi connectivity index (χ4n) is 3.47. The largest absolute Gasteiger partial charge is 0.494 e. The Kier molecular flexibility index (Phi) is 12.5. The van der Waals surface area contributed by atoms with Crippen LogP contribution in [0.5, 0.6) is 5.75 Å². The van der Waals surface area contributed by atoms with Gasteiger partial charge >= 0.3 is 5.97 Å². The molecule has 0 aliphatic heterocycles. The summed E-state index contributed by atoms with van der Waals surface area (Å²) in [5.41, 5.74) is 2.69. The monoisotopic (exact) mass is 440 g/mol. The highest BCUT2D eigenvalue weighted by Crippen LogP contribution is 2.23. The topological polar surface area (TPSA) is 44.8 Å². The second-order valence-electron chi connectivity index (χ2n) is 8.36. The maximum atomic E-state index is 12.3. The zero-order valence-electron chi connectivity index (χ0n) is 20.1. The zero-order chi connectivity index (χ0) is 23.0. The molecule has 1 atom stereocenters. The summed E-state index contributed by atoms with van der Waals surface area (Å²) >= 11 is 0. The smallest absolute Gasteiger partial charge is 0.338 e. The molecule has 0 fully saturated rings. The van der Waals surface area contributed by atoms with E-state index in [4.69, 9.17) is 14.2 Å². The van der Waals surface area contributed by atoms with Crippen molar-refractivity contribution in [3.63, 3.8) is 0 Å². The van der Waals surface area contributed by atoms with Crippen LogP contribution in [0.3, 0.4) is 0 Å². The average molecular weight is 441 g/mol. The van der Waals surface area contributed by atoms with Crippen LogP contribution in [0.4, 0.5) is 0 Å². The number of ether oxygens (including phenoxy) is 3. The highest BCUT2D eigenvalue weighted by Gasteiger charge is 2.12. The lowest BCUT2D eigenvalue weighted by atomic mass is 10.0. The first kappa shape index (κ1) is 25.9. The second-order valence-corrected chi connectivity index (χ2v) is 8.36. The van der Waals surface area contributed by atoms with Crippen molar-refractivity contribution in [1.82, 2.24) is 0 Å². The number of benzene rings is 2. The van der Waals surface area contributed by atoms with E-state index in [1.54, 1.807) is 0 Å². The van der Waals surface area contributed by atoms with E-state index >= 15 is 0 Å². The van der Waals surface area contributed by atoms with E-state index in [-0.39, 0.29) is 12.1 Å². The molecule has 0 N–H and O–H groups in total. The quantitative estimate of drug-likeness (QED) is 0.201. The molecule has 176 valence electrons. The number of unbranched alkanes of at least 4 members (excludes halogenated alkanes) is 6. The molecule has 0 aliphatic carbocycles. The van der Waals surface area contributed by atoms with Gasteiger partial charge < -0.3 is 14.2 Å². The van der Waals surface area contributed by atoms with Crippen molar-refractivity contribution in [2.45, 2.75) is 78.2 Å². The molecule has 0 saturated heterocycles. The van der Waals surface area contributed by atoms with Crippen molar-refractivity contribution < 1.29 is 19.0 Å². The highest BCUT2D eigenvalue weighted by molar-refractivity contribution is 5.90. The van der Waals surface area contributed by atoms with Crippen molar-refractivity contribution in [2.24, 2.45) is 0 Å². The first-order valence-electron chi connectivity index (χ1n) is 12.3. The van der Waals surface area contributed by atoms with Crippen molar-refractivity contribution in [3.8, 4) is 16.9 Å². The van der Waals surface area contributed by atoms with Gasteiger partial charge in [0.25, 0.3) is 0 Å². The average Bonchev–Trinajstić information content (AvgIpc) is 2.81. The first-order chi connectivity index (χ1) is 15.6. The van der Waals surface area contributed by atoms with E-state index < -0.39 is 0 Å². The molecule has 32 heavy (non-hydrogen) atoms. The molecule has 0 radical (unpaired) electrons. The Morgan fingerprint density at radius 1 is 0.750 bits per heavy atom. The van der Waals surface area contributed by atoms with Crippen LogP contribution in [0, 0.1) is 0 Å². The molecule has 0 amide bonds. The summed E-state index contributed by atoms with van der Waals surface area (Å²) in [7, 11) is 0. The number of hydrogen-bond donors (Lipinski definition) is 0. The van der Waals surface area contributed by atoms with E-state index in [9.17, 15) is 4.79 Å². The van der Waals surface area contributed by atoms with Crippen molar-refractivity contribution >= 4 is 5.97 Å². The van der Waals surface area contributed by atoms with Gasteiger partial charge in [0.2, 0.25) is 0 Å². The molecule has 4 nitrogen and oxygen atoms in total.